The van der Waals surface area contributed by atoms with E-state index in [9.17, 15) is 9.18 Å². The molecule has 2 heterocycles. The summed E-state index contributed by atoms with van der Waals surface area (Å²) in [5.41, 5.74) is 1.93. The third kappa shape index (κ3) is 5.27. The second-order valence-corrected chi connectivity index (χ2v) is 7.87. The smallest absolute Gasteiger partial charge is 0.277 e. The van der Waals surface area contributed by atoms with Gasteiger partial charge in [-0.1, -0.05) is 35.3 Å². The van der Waals surface area contributed by atoms with Gasteiger partial charge in [0.1, 0.15) is 16.6 Å². The van der Waals surface area contributed by atoms with Crippen molar-refractivity contribution in [1.82, 2.24) is 19.6 Å². The quantitative estimate of drug-likeness (QED) is 0.401. The highest BCUT2D eigenvalue weighted by molar-refractivity contribution is 6.33. The number of nitrogens with zero attached hydrogens (tertiary/aromatic N) is 4. The Morgan fingerprint density at radius 3 is 2.62 bits per heavy atom. The number of amides is 1. The summed E-state index contributed by atoms with van der Waals surface area (Å²) in [4.78, 5) is 12.6. The lowest BCUT2D eigenvalue weighted by Gasteiger charge is -2.09. The molecular weight excluding hydrogens is 456 g/mol. The molecule has 2 aromatic carbocycles. The van der Waals surface area contributed by atoms with Crippen LogP contribution in [0.5, 0.6) is 5.75 Å². The number of hydrogen-bond acceptors (Lipinski definition) is 4. The van der Waals surface area contributed by atoms with Gasteiger partial charge < -0.3 is 10.1 Å². The first-order valence-electron chi connectivity index (χ1n) is 9.58. The summed E-state index contributed by atoms with van der Waals surface area (Å²) in [7, 11) is 0. The average Bonchev–Trinajstić information content (AvgIpc) is 3.36. The maximum absolute atomic E-state index is 13.1. The van der Waals surface area contributed by atoms with Crippen LogP contribution in [0.25, 0.3) is 0 Å². The SMILES string of the molecule is Cc1cc(Cl)ccc1OCn1ccc(C(=O)Nc2nn(Cc3ccc(F)cc3)cc2Cl)n1. The fourth-order valence-electron chi connectivity index (χ4n) is 2.98. The molecule has 32 heavy (non-hydrogen) atoms. The van der Waals surface area contributed by atoms with Gasteiger partial charge in [-0.05, 0) is 54.4 Å². The van der Waals surface area contributed by atoms with E-state index in [1.165, 1.54) is 16.8 Å². The molecule has 0 aliphatic rings. The van der Waals surface area contributed by atoms with E-state index in [4.69, 9.17) is 27.9 Å². The maximum atomic E-state index is 13.1. The molecule has 1 amide bonds. The Morgan fingerprint density at radius 2 is 1.88 bits per heavy atom. The Bertz CT molecular complexity index is 1250. The topological polar surface area (TPSA) is 74.0 Å². The number of carbonyl (C=O) groups excluding carboxylic acids is 1. The van der Waals surface area contributed by atoms with Gasteiger partial charge in [0.05, 0.1) is 6.54 Å². The van der Waals surface area contributed by atoms with E-state index in [1.54, 1.807) is 53.5 Å². The van der Waals surface area contributed by atoms with Crippen LogP contribution >= 0.6 is 23.2 Å². The first kappa shape index (κ1) is 21.9. The molecule has 164 valence electrons. The molecule has 0 radical (unpaired) electrons. The lowest BCUT2D eigenvalue weighted by Crippen LogP contribution is -2.15. The van der Waals surface area contributed by atoms with Crippen LogP contribution in [0.3, 0.4) is 0 Å². The van der Waals surface area contributed by atoms with E-state index in [0.717, 1.165) is 11.1 Å². The molecule has 0 atom stereocenters. The minimum Gasteiger partial charge on any atom is -0.471 e. The first-order chi connectivity index (χ1) is 15.4. The Labute approximate surface area is 193 Å². The molecule has 0 fully saturated rings. The van der Waals surface area contributed by atoms with Crippen LogP contribution in [0.4, 0.5) is 10.2 Å². The summed E-state index contributed by atoms with van der Waals surface area (Å²) in [6.45, 7) is 2.40. The van der Waals surface area contributed by atoms with Gasteiger partial charge in [-0.2, -0.15) is 10.2 Å². The van der Waals surface area contributed by atoms with Crippen LogP contribution in [0, 0.1) is 12.7 Å². The summed E-state index contributed by atoms with van der Waals surface area (Å²) in [5, 5.41) is 12.1. The van der Waals surface area contributed by atoms with Crippen molar-refractivity contribution in [1.29, 1.82) is 0 Å². The van der Waals surface area contributed by atoms with Gasteiger partial charge >= 0.3 is 0 Å². The van der Waals surface area contributed by atoms with Crippen molar-refractivity contribution in [3.05, 3.63) is 93.6 Å². The number of aryl methyl sites for hydroxylation is 1. The molecule has 0 saturated carbocycles. The molecule has 4 aromatic rings. The minimum absolute atomic E-state index is 0.128. The van der Waals surface area contributed by atoms with Gasteiger partial charge in [0.25, 0.3) is 5.91 Å². The zero-order valence-electron chi connectivity index (χ0n) is 16.9. The predicted octanol–water partition coefficient (Wildman–Crippen LogP) is 5.17. The molecule has 7 nitrogen and oxygen atoms in total. The maximum Gasteiger partial charge on any atom is 0.277 e. The first-order valence-corrected chi connectivity index (χ1v) is 10.3. The van der Waals surface area contributed by atoms with Crippen molar-refractivity contribution in [2.24, 2.45) is 0 Å². The molecule has 2 aromatic heterocycles. The monoisotopic (exact) mass is 473 g/mol. The van der Waals surface area contributed by atoms with Gasteiger partial charge in [0.15, 0.2) is 18.2 Å². The second kappa shape index (κ2) is 9.42. The molecular formula is C22H18Cl2FN5O2. The van der Waals surface area contributed by atoms with Gasteiger partial charge in [-0.3, -0.25) is 9.48 Å². The number of ether oxygens (including phenoxy) is 1. The normalized spacial score (nSPS) is 10.9. The summed E-state index contributed by atoms with van der Waals surface area (Å²) in [6, 6.07) is 12.9. The highest BCUT2D eigenvalue weighted by atomic mass is 35.5. The molecule has 0 aliphatic carbocycles. The summed E-state index contributed by atoms with van der Waals surface area (Å²) >= 11 is 12.2. The fourth-order valence-corrected chi connectivity index (χ4v) is 3.40. The summed E-state index contributed by atoms with van der Waals surface area (Å²) in [5.74, 6) is 0.115. The number of anilines is 1. The summed E-state index contributed by atoms with van der Waals surface area (Å²) in [6.07, 6.45) is 3.22. The Morgan fingerprint density at radius 1 is 1.09 bits per heavy atom. The van der Waals surface area contributed by atoms with Crippen LogP contribution in [0.15, 0.2) is 60.9 Å². The Balaban J connectivity index is 1.37. The molecule has 0 aliphatic heterocycles. The lowest BCUT2D eigenvalue weighted by atomic mass is 10.2. The second-order valence-electron chi connectivity index (χ2n) is 7.03. The van der Waals surface area contributed by atoms with Crippen molar-refractivity contribution in [3.8, 4) is 5.75 Å². The standard InChI is InChI=1S/C22H18Cl2FN5O2/c1-14-10-16(23)4-7-20(14)32-13-29-9-8-19(27-29)22(31)26-21-18(24)12-30(28-21)11-15-2-5-17(25)6-3-15/h2-10,12H,11,13H2,1H3,(H,26,28,31). The largest absolute Gasteiger partial charge is 0.471 e. The number of halogens is 3. The number of rotatable bonds is 7. The molecule has 10 heteroatoms. The van der Waals surface area contributed by atoms with Gasteiger partial charge in [-0.25, -0.2) is 9.07 Å². The van der Waals surface area contributed by atoms with Gasteiger partial charge in [0.2, 0.25) is 0 Å². The van der Waals surface area contributed by atoms with E-state index in [-0.39, 0.29) is 29.1 Å². The third-order valence-corrected chi connectivity index (χ3v) is 5.08. The van der Waals surface area contributed by atoms with Crippen molar-refractivity contribution in [3.63, 3.8) is 0 Å². The van der Waals surface area contributed by atoms with Crippen LogP contribution in [0.2, 0.25) is 10.0 Å². The average molecular weight is 474 g/mol. The number of carbonyl (C=O) groups is 1. The van der Waals surface area contributed by atoms with Crippen molar-refractivity contribution in [2.45, 2.75) is 20.2 Å². The Hall–Kier alpha value is -3.36. The van der Waals surface area contributed by atoms with Crippen LogP contribution in [-0.4, -0.2) is 25.5 Å². The number of aromatic nitrogens is 4. The van der Waals surface area contributed by atoms with E-state index in [2.05, 4.69) is 15.5 Å². The van der Waals surface area contributed by atoms with E-state index in [1.807, 2.05) is 6.92 Å². The van der Waals surface area contributed by atoms with Gasteiger partial charge in [0, 0.05) is 17.4 Å². The van der Waals surface area contributed by atoms with Crippen molar-refractivity contribution in [2.75, 3.05) is 5.32 Å². The zero-order valence-corrected chi connectivity index (χ0v) is 18.4. The molecule has 4 rings (SSSR count). The van der Waals surface area contributed by atoms with Crippen LogP contribution < -0.4 is 10.1 Å². The number of nitrogens with one attached hydrogen (secondary N) is 1. The lowest BCUT2D eigenvalue weighted by molar-refractivity contribution is 0.101. The van der Waals surface area contributed by atoms with Crippen molar-refractivity contribution < 1.29 is 13.9 Å². The molecule has 0 saturated heterocycles. The number of hydrogen-bond donors (Lipinski definition) is 1. The zero-order chi connectivity index (χ0) is 22.7. The highest BCUT2D eigenvalue weighted by Gasteiger charge is 2.15. The van der Waals surface area contributed by atoms with Gasteiger partial charge in [-0.15, -0.1) is 0 Å². The Kier molecular flexibility index (Phi) is 6.43. The molecule has 0 bridgehead atoms. The van der Waals surface area contributed by atoms with E-state index < -0.39 is 5.91 Å². The number of benzene rings is 2. The van der Waals surface area contributed by atoms with E-state index in [0.29, 0.717) is 17.3 Å². The van der Waals surface area contributed by atoms with Crippen molar-refractivity contribution >= 4 is 34.9 Å². The van der Waals surface area contributed by atoms with E-state index >= 15 is 0 Å². The highest BCUT2D eigenvalue weighted by Crippen LogP contribution is 2.23. The molecule has 1 N–H and O–H groups in total. The van der Waals surface area contributed by atoms with Crippen LogP contribution in [0.1, 0.15) is 21.6 Å². The predicted molar refractivity (Wildman–Crippen MR) is 120 cm³/mol. The van der Waals surface area contributed by atoms with Crippen LogP contribution in [-0.2, 0) is 13.3 Å². The summed E-state index contributed by atoms with van der Waals surface area (Å²) < 4.78 is 21.8. The molecule has 0 unspecified atom stereocenters. The third-order valence-electron chi connectivity index (χ3n) is 4.57. The fraction of sp³-hybridized carbons (Fsp3) is 0.136. The molecule has 0 spiro atoms. The minimum atomic E-state index is -0.458.